The van der Waals surface area contributed by atoms with E-state index in [1.54, 1.807) is 0 Å². The molecule has 1 aromatic carbocycles. The van der Waals surface area contributed by atoms with Crippen LogP contribution in [0.4, 0.5) is 8.78 Å². The lowest BCUT2D eigenvalue weighted by Crippen LogP contribution is -2.23. The van der Waals surface area contributed by atoms with Crippen LogP contribution in [-0.2, 0) is 0 Å². The van der Waals surface area contributed by atoms with Gasteiger partial charge in [0.25, 0.3) is 5.56 Å². The zero-order chi connectivity index (χ0) is 12.6. The van der Waals surface area contributed by atoms with E-state index in [1.165, 1.54) is 18.3 Å². The van der Waals surface area contributed by atoms with Crippen LogP contribution in [0.5, 0.6) is 0 Å². The Morgan fingerprint density at radius 2 is 1.94 bits per heavy atom. The summed E-state index contributed by atoms with van der Waals surface area (Å²) in [4.78, 5) is 11.8. The smallest absolute Gasteiger partial charge is 0.266 e. The fraction of sp³-hybridized carbons (Fsp3) is 0. The zero-order valence-corrected chi connectivity index (χ0v) is 11.3. The molecule has 1 heterocycles. The maximum absolute atomic E-state index is 13.5. The van der Waals surface area contributed by atoms with Gasteiger partial charge in [-0.3, -0.25) is 4.79 Å². The van der Waals surface area contributed by atoms with Gasteiger partial charge in [0.05, 0.1) is 10.7 Å². The van der Waals surface area contributed by atoms with Gasteiger partial charge in [0, 0.05) is 0 Å². The van der Waals surface area contributed by atoms with Crippen molar-refractivity contribution >= 4 is 31.9 Å². The lowest BCUT2D eigenvalue weighted by atomic mass is 10.3. The molecule has 0 aliphatic carbocycles. The Kier molecular flexibility index (Phi) is 3.39. The van der Waals surface area contributed by atoms with Gasteiger partial charge in [-0.15, -0.1) is 0 Å². The molecule has 0 amide bonds. The molecule has 0 radical (unpaired) electrons. The molecule has 0 unspecified atom stereocenters. The summed E-state index contributed by atoms with van der Waals surface area (Å²) in [5.41, 5.74) is -0.813. The standard InChI is InChI=1S/C10H4Br2F2N2O/c11-5-4-15-16(10(17)8(5)12)7-3-1-2-6(13)9(7)14/h1-4H. The Morgan fingerprint density at radius 3 is 2.65 bits per heavy atom. The number of aromatic nitrogens is 2. The minimum atomic E-state index is -1.11. The SMILES string of the molecule is O=c1c(Br)c(Br)cnn1-c1cccc(F)c1F. The van der Waals surface area contributed by atoms with Crippen LogP contribution in [-0.4, -0.2) is 9.78 Å². The fourth-order valence-corrected chi connectivity index (χ4v) is 1.77. The molecule has 0 aliphatic heterocycles. The van der Waals surface area contributed by atoms with Crippen LogP contribution in [0.3, 0.4) is 0 Å². The summed E-state index contributed by atoms with van der Waals surface area (Å²) in [7, 11) is 0. The fourth-order valence-electron chi connectivity index (χ4n) is 1.24. The van der Waals surface area contributed by atoms with Gasteiger partial charge in [0.15, 0.2) is 11.6 Å². The first-order valence-corrected chi connectivity index (χ1v) is 5.98. The monoisotopic (exact) mass is 364 g/mol. The maximum atomic E-state index is 13.5. The minimum absolute atomic E-state index is 0.191. The van der Waals surface area contributed by atoms with Crippen molar-refractivity contribution in [1.29, 1.82) is 0 Å². The van der Waals surface area contributed by atoms with Crippen LogP contribution in [0.1, 0.15) is 0 Å². The molecular weight excluding hydrogens is 362 g/mol. The van der Waals surface area contributed by atoms with E-state index in [9.17, 15) is 13.6 Å². The van der Waals surface area contributed by atoms with Crippen molar-refractivity contribution in [2.24, 2.45) is 0 Å². The molecule has 0 atom stereocenters. The average Bonchev–Trinajstić information content (AvgIpc) is 2.31. The molecule has 3 nitrogen and oxygen atoms in total. The first kappa shape index (κ1) is 12.4. The van der Waals surface area contributed by atoms with Gasteiger partial charge < -0.3 is 0 Å². The molecule has 88 valence electrons. The van der Waals surface area contributed by atoms with Crippen molar-refractivity contribution in [1.82, 2.24) is 9.78 Å². The lowest BCUT2D eigenvalue weighted by Gasteiger charge is -2.06. The van der Waals surface area contributed by atoms with Crippen molar-refractivity contribution in [3.63, 3.8) is 0 Å². The highest BCUT2D eigenvalue weighted by Gasteiger charge is 2.14. The molecule has 1 aromatic heterocycles. The van der Waals surface area contributed by atoms with Crippen LogP contribution < -0.4 is 5.56 Å². The number of benzene rings is 1. The van der Waals surface area contributed by atoms with Crippen molar-refractivity contribution < 1.29 is 8.78 Å². The van der Waals surface area contributed by atoms with Crippen molar-refractivity contribution in [2.45, 2.75) is 0 Å². The summed E-state index contributed by atoms with van der Waals surface area (Å²) in [6.07, 6.45) is 1.32. The molecule has 0 aliphatic rings. The van der Waals surface area contributed by atoms with E-state index in [2.05, 4.69) is 37.0 Å². The van der Waals surface area contributed by atoms with E-state index in [4.69, 9.17) is 0 Å². The maximum Gasteiger partial charge on any atom is 0.287 e. The number of nitrogens with zero attached hydrogens (tertiary/aromatic N) is 2. The third-order valence-electron chi connectivity index (χ3n) is 2.04. The zero-order valence-electron chi connectivity index (χ0n) is 8.12. The molecule has 2 rings (SSSR count). The van der Waals surface area contributed by atoms with Crippen LogP contribution in [0.15, 0.2) is 38.1 Å². The van der Waals surface area contributed by atoms with E-state index in [1.807, 2.05) is 0 Å². The molecule has 0 bridgehead atoms. The Balaban J connectivity index is 2.74. The largest absolute Gasteiger partial charge is 0.287 e. The van der Waals surface area contributed by atoms with E-state index in [0.29, 0.717) is 4.47 Å². The second-order valence-electron chi connectivity index (χ2n) is 3.10. The van der Waals surface area contributed by atoms with Crippen molar-refractivity contribution in [2.75, 3.05) is 0 Å². The summed E-state index contributed by atoms with van der Waals surface area (Å²) in [5, 5.41) is 3.73. The summed E-state index contributed by atoms with van der Waals surface area (Å²) in [6.45, 7) is 0. The number of halogens is 4. The van der Waals surface area contributed by atoms with E-state index < -0.39 is 17.2 Å². The topological polar surface area (TPSA) is 34.9 Å². The molecule has 2 aromatic rings. The van der Waals surface area contributed by atoms with Gasteiger partial charge in [0.2, 0.25) is 0 Å². The van der Waals surface area contributed by atoms with Gasteiger partial charge in [-0.1, -0.05) is 6.07 Å². The Morgan fingerprint density at radius 1 is 1.24 bits per heavy atom. The van der Waals surface area contributed by atoms with Crippen LogP contribution in [0, 0.1) is 11.6 Å². The van der Waals surface area contributed by atoms with E-state index >= 15 is 0 Å². The Bertz CT molecular complexity index is 643. The molecule has 0 saturated heterocycles. The predicted octanol–water partition coefficient (Wildman–Crippen LogP) is 3.04. The Hall–Kier alpha value is -1.08. The molecule has 0 saturated carbocycles. The summed E-state index contributed by atoms with van der Waals surface area (Å²) < 4.78 is 28.0. The van der Waals surface area contributed by atoms with E-state index in [0.717, 1.165) is 10.7 Å². The normalized spacial score (nSPS) is 10.6. The second kappa shape index (κ2) is 4.66. The molecule has 0 fully saturated rings. The predicted molar refractivity (Wildman–Crippen MR) is 65.1 cm³/mol. The second-order valence-corrected chi connectivity index (χ2v) is 4.74. The first-order chi connectivity index (χ1) is 8.02. The third kappa shape index (κ3) is 2.16. The van der Waals surface area contributed by atoms with Crippen molar-refractivity contribution in [3.8, 4) is 5.69 Å². The van der Waals surface area contributed by atoms with Gasteiger partial charge in [0.1, 0.15) is 10.2 Å². The van der Waals surface area contributed by atoms with Crippen LogP contribution in [0.25, 0.3) is 5.69 Å². The highest BCUT2D eigenvalue weighted by atomic mass is 79.9. The highest BCUT2D eigenvalue weighted by Crippen LogP contribution is 2.19. The summed E-state index contributed by atoms with van der Waals surface area (Å²) >= 11 is 6.13. The van der Waals surface area contributed by atoms with Gasteiger partial charge in [-0.25, -0.2) is 8.78 Å². The number of hydrogen-bond acceptors (Lipinski definition) is 2. The molecule has 0 spiro atoms. The summed E-state index contributed by atoms with van der Waals surface area (Å²) in [6, 6.07) is 3.54. The van der Waals surface area contributed by atoms with Crippen LogP contribution >= 0.6 is 31.9 Å². The van der Waals surface area contributed by atoms with Gasteiger partial charge >= 0.3 is 0 Å². The quantitative estimate of drug-likeness (QED) is 0.778. The minimum Gasteiger partial charge on any atom is -0.266 e. The summed E-state index contributed by atoms with van der Waals surface area (Å²) in [5.74, 6) is -2.15. The van der Waals surface area contributed by atoms with Gasteiger partial charge in [-0.05, 0) is 44.0 Å². The number of hydrogen-bond donors (Lipinski definition) is 0. The molecular formula is C10H4Br2F2N2O. The molecule has 17 heavy (non-hydrogen) atoms. The first-order valence-electron chi connectivity index (χ1n) is 4.40. The lowest BCUT2D eigenvalue weighted by molar-refractivity contribution is 0.499. The average molecular weight is 366 g/mol. The highest BCUT2D eigenvalue weighted by molar-refractivity contribution is 9.13. The Labute approximate surface area is 111 Å². The van der Waals surface area contributed by atoms with E-state index in [-0.39, 0.29) is 10.2 Å². The molecule has 7 heteroatoms. The van der Waals surface area contributed by atoms with Crippen molar-refractivity contribution in [3.05, 3.63) is 55.3 Å². The third-order valence-corrected chi connectivity index (χ3v) is 3.94. The van der Waals surface area contributed by atoms with Crippen LogP contribution in [0.2, 0.25) is 0 Å². The molecule has 0 N–H and O–H groups in total. The van der Waals surface area contributed by atoms with Gasteiger partial charge in [-0.2, -0.15) is 9.78 Å². The number of rotatable bonds is 1.